The van der Waals surface area contributed by atoms with Crippen LogP contribution in [0.2, 0.25) is 0 Å². The average molecular weight is 377 g/mol. The minimum absolute atomic E-state index is 0.0812. The fourth-order valence-corrected chi connectivity index (χ4v) is 3.32. The van der Waals surface area contributed by atoms with Gasteiger partial charge in [-0.15, -0.1) is 0 Å². The Morgan fingerprint density at radius 3 is 2.79 bits per heavy atom. The highest BCUT2D eigenvalue weighted by Gasteiger charge is 2.29. The van der Waals surface area contributed by atoms with Crippen LogP contribution in [0.25, 0.3) is 10.9 Å². The first-order valence-corrected chi connectivity index (χ1v) is 9.56. The van der Waals surface area contributed by atoms with Gasteiger partial charge in [0.25, 0.3) is 5.56 Å². The van der Waals surface area contributed by atoms with Gasteiger partial charge in [-0.2, -0.15) is 0 Å². The maximum atomic E-state index is 13.3. The smallest absolute Gasteiger partial charge is 0.261 e. The minimum Gasteiger partial charge on any atom is -0.497 e. The van der Waals surface area contributed by atoms with E-state index in [0.29, 0.717) is 35.5 Å². The number of hydrogen-bond donors (Lipinski definition) is 1. The van der Waals surface area contributed by atoms with Crippen LogP contribution in [0.1, 0.15) is 43.5 Å². The average Bonchev–Trinajstić information content (AvgIpc) is 3.55. The highest BCUT2D eigenvalue weighted by Crippen LogP contribution is 2.39. The van der Waals surface area contributed by atoms with Crippen molar-refractivity contribution in [3.8, 4) is 5.75 Å². The Kier molecular flexibility index (Phi) is 4.86. The number of amides is 1. The Balaban J connectivity index is 1.80. The number of ether oxygens (including phenoxy) is 1. The van der Waals surface area contributed by atoms with E-state index in [2.05, 4.69) is 5.32 Å². The number of methoxy groups -OCH3 is 1. The lowest BCUT2D eigenvalue weighted by atomic mass is 10.1. The van der Waals surface area contributed by atoms with E-state index < -0.39 is 0 Å². The Morgan fingerprint density at radius 1 is 1.25 bits per heavy atom. The summed E-state index contributed by atoms with van der Waals surface area (Å²) in [4.78, 5) is 29.8. The van der Waals surface area contributed by atoms with Crippen LogP contribution in [0.5, 0.6) is 5.75 Å². The van der Waals surface area contributed by atoms with Gasteiger partial charge in [-0.1, -0.05) is 19.1 Å². The molecule has 144 valence electrons. The molecule has 2 aromatic carbocycles. The van der Waals surface area contributed by atoms with Crippen molar-refractivity contribution in [3.05, 3.63) is 64.2 Å². The molecule has 6 nitrogen and oxygen atoms in total. The predicted octanol–water partition coefficient (Wildman–Crippen LogP) is 3.68. The van der Waals surface area contributed by atoms with Crippen molar-refractivity contribution in [2.45, 2.75) is 38.6 Å². The highest BCUT2D eigenvalue weighted by atomic mass is 16.5. The van der Waals surface area contributed by atoms with Gasteiger partial charge in [0.1, 0.15) is 11.6 Å². The van der Waals surface area contributed by atoms with Crippen LogP contribution in [0.3, 0.4) is 0 Å². The maximum absolute atomic E-state index is 13.3. The number of nitrogens with one attached hydrogen (secondary N) is 1. The number of benzene rings is 2. The molecule has 6 heteroatoms. The minimum atomic E-state index is -0.0846. The molecule has 0 saturated heterocycles. The number of carbonyl (C=O) groups is 1. The maximum Gasteiger partial charge on any atom is 0.261 e. The van der Waals surface area contributed by atoms with Gasteiger partial charge in [0.05, 0.1) is 24.6 Å². The van der Waals surface area contributed by atoms with Crippen molar-refractivity contribution in [3.63, 3.8) is 0 Å². The number of anilines is 1. The van der Waals surface area contributed by atoms with E-state index in [0.717, 1.165) is 30.0 Å². The van der Waals surface area contributed by atoms with E-state index in [9.17, 15) is 9.59 Å². The van der Waals surface area contributed by atoms with Crippen molar-refractivity contribution in [1.82, 2.24) is 9.55 Å². The molecule has 0 bridgehead atoms. The van der Waals surface area contributed by atoms with E-state index in [4.69, 9.17) is 9.72 Å². The van der Waals surface area contributed by atoms with Crippen LogP contribution in [0, 0.1) is 0 Å². The molecule has 4 rings (SSSR count). The normalized spacial score (nSPS) is 13.5. The molecule has 1 fully saturated rings. The second-order valence-electron chi connectivity index (χ2n) is 7.12. The quantitative estimate of drug-likeness (QED) is 0.711. The van der Waals surface area contributed by atoms with Gasteiger partial charge in [0.15, 0.2) is 0 Å². The van der Waals surface area contributed by atoms with Crippen LogP contribution in [-0.4, -0.2) is 22.6 Å². The summed E-state index contributed by atoms with van der Waals surface area (Å²) in [5, 5.41) is 3.33. The number of hydrogen-bond acceptors (Lipinski definition) is 4. The molecule has 0 aliphatic heterocycles. The van der Waals surface area contributed by atoms with Crippen molar-refractivity contribution in [1.29, 1.82) is 0 Å². The lowest BCUT2D eigenvalue weighted by Gasteiger charge is -2.14. The molecule has 1 amide bonds. The Morgan fingerprint density at radius 2 is 2.07 bits per heavy atom. The highest BCUT2D eigenvalue weighted by molar-refractivity contribution is 5.93. The molecule has 1 heterocycles. The number of rotatable bonds is 6. The van der Waals surface area contributed by atoms with Crippen LogP contribution in [-0.2, 0) is 11.3 Å². The summed E-state index contributed by atoms with van der Waals surface area (Å²) in [6.07, 6.45) is 2.50. The zero-order valence-electron chi connectivity index (χ0n) is 16.1. The fourth-order valence-electron chi connectivity index (χ4n) is 3.32. The molecule has 1 N–H and O–H groups in total. The van der Waals surface area contributed by atoms with Gasteiger partial charge in [-0.05, 0) is 48.7 Å². The first kappa shape index (κ1) is 18.2. The molecule has 0 radical (unpaired) electrons. The first-order valence-electron chi connectivity index (χ1n) is 9.56. The summed E-state index contributed by atoms with van der Waals surface area (Å²) in [7, 11) is 1.63. The molecule has 1 saturated carbocycles. The van der Waals surface area contributed by atoms with Crippen molar-refractivity contribution in [2.75, 3.05) is 12.4 Å². The topological polar surface area (TPSA) is 73.2 Å². The third-order valence-electron chi connectivity index (χ3n) is 5.01. The standard InChI is InChI=1S/C22H23N3O3/c1-3-20(26)23-16-9-10-19-18(12-16)22(27)25(21(24-19)15-7-8-15)13-14-5-4-6-17(11-14)28-2/h4-6,9-12,15H,3,7-8,13H2,1-2H3,(H,23,26). The Bertz CT molecular complexity index is 1100. The molecule has 0 spiro atoms. The molecule has 1 aliphatic rings. The van der Waals surface area contributed by atoms with E-state index in [-0.39, 0.29) is 11.5 Å². The molecule has 3 aromatic rings. The molecule has 0 atom stereocenters. The van der Waals surface area contributed by atoms with E-state index in [1.165, 1.54) is 0 Å². The number of nitrogens with zero attached hydrogens (tertiary/aromatic N) is 2. The molecular formula is C22H23N3O3. The molecule has 28 heavy (non-hydrogen) atoms. The SMILES string of the molecule is CCC(=O)Nc1ccc2nc(C3CC3)n(Cc3cccc(OC)c3)c(=O)c2c1. The molecular weight excluding hydrogens is 354 g/mol. The van der Waals surface area contributed by atoms with Crippen LogP contribution in [0.15, 0.2) is 47.3 Å². The molecule has 1 aliphatic carbocycles. The van der Waals surface area contributed by atoms with Gasteiger partial charge in [-0.25, -0.2) is 4.98 Å². The van der Waals surface area contributed by atoms with Gasteiger partial charge in [0, 0.05) is 18.0 Å². The third kappa shape index (κ3) is 3.63. The number of fused-ring (bicyclic) bond motifs is 1. The zero-order chi connectivity index (χ0) is 19.7. The molecule has 1 aromatic heterocycles. The van der Waals surface area contributed by atoms with Crippen LogP contribution < -0.4 is 15.6 Å². The van der Waals surface area contributed by atoms with Gasteiger partial charge >= 0.3 is 0 Å². The second kappa shape index (κ2) is 7.46. The van der Waals surface area contributed by atoms with Crippen molar-refractivity contribution in [2.24, 2.45) is 0 Å². The monoisotopic (exact) mass is 377 g/mol. The summed E-state index contributed by atoms with van der Waals surface area (Å²) < 4.78 is 7.07. The van der Waals surface area contributed by atoms with E-state index >= 15 is 0 Å². The summed E-state index contributed by atoms with van der Waals surface area (Å²) in [6.45, 7) is 2.23. The summed E-state index contributed by atoms with van der Waals surface area (Å²) in [6, 6.07) is 13.0. The summed E-state index contributed by atoms with van der Waals surface area (Å²) in [5.74, 6) is 1.85. The predicted molar refractivity (Wildman–Crippen MR) is 109 cm³/mol. The summed E-state index contributed by atoms with van der Waals surface area (Å²) in [5.41, 5.74) is 2.19. The molecule has 0 unspecified atom stereocenters. The van der Waals surface area contributed by atoms with E-state index in [1.54, 1.807) is 30.7 Å². The number of aromatic nitrogens is 2. The lowest BCUT2D eigenvalue weighted by Crippen LogP contribution is -2.26. The Labute approximate surface area is 163 Å². The van der Waals surface area contributed by atoms with Crippen LogP contribution >= 0.6 is 0 Å². The zero-order valence-corrected chi connectivity index (χ0v) is 16.1. The number of carbonyl (C=O) groups excluding carboxylic acids is 1. The Hall–Kier alpha value is -3.15. The summed E-state index contributed by atoms with van der Waals surface area (Å²) >= 11 is 0. The largest absolute Gasteiger partial charge is 0.497 e. The van der Waals surface area contributed by atoms with Gasteiger partial charge in [0.2, 0.25) is 5.91 Å². The first-order chi connectivity index (χ1) is 13.6. The third-order valence-corrected chi connectivity index (χ3v) is 5.01. The van der Waals surface area contributed by atoms with Gasteiger partial charge < -0.3 is 10.1 Å². The van der Waals surface area contributed by atoms with Gasteiger partial charge in [-0.3, -0.25) is 14.2 Å². The van der Waals surface area contributed by atoms with Crippen LogP contribution in [0.4, 0.5) is 5.69 Å². The van der Waals surface area contributed by atoms with Crippen molar-refractivity contribution < 1.29 is 9.53 Å². The van der Waals surface area contributed by atoms with Crippen molar-refractivity contribution >= 4 is 22.5 Å². The fraction of sp³-hybridized carbons (Fsp3) is 0.318. The second-order valence-corrected chi connectivity index (χ2v) is 7.12. The lowest BCUT2D eigenvalue weighted by molar-refractivity contribution is -0.115. The van der Waals surface area contributed by atoms with E-state index in [1.807, 2.05) is 30.3 Å².